The third-order valence-electron chi connectivity index (χ3n) is 10.3. The predicted molar refractivity (Wildman–Crippen MR) is 195 cm³/mol. The second-order valence-corrected chi connectivity index (χ2v) is 14.6. The number of aryl methyl sites for hydroxylation is 1. The van der Waals surface area contributed by atoms with Gasteiger partial charge in [0.1, 0.15) is 34.5 Å². The van der Waals surface area contributed by atoms with Crippen LogP contribution in [0.4, 0.5) is 10.2 Å². The number of nitriles is 1. The zero-order valence-corrected chi connectivity index (χ0v) is 29.6. The van der Waals surface area contributed by atoms with Crippen molar-refractivity contribution in [2.75, 3.05) is 44.2 Å². The number of halogens is 2. The summed E-state index contributed by atoms with van der Waals surface area (Å²) in [4.78, 5) is 38.0. The third kappa shape index (κ3) is 6.26. The molecule has 8 rings (SSSR count). The van der Waals surface area contributed by atoms with Gasteiger partial charge in [-0.2, -0.15) is 19.6 Å². The van der Waals surface area contributed by atoms with Crippen LogP contribution in [0.25, 0.3) is 39.0 Å². The lowest BCUT2D eigenvalue weighted by molar-refractivity contribution is -0.128. The molecule has 0 radical (unpaired) electrons. The van der Waals surface area contributed by atoms with Gasteiger partial charge >= 0.3 is 6.01 Å². The minimum absolute atomic E-state index is 0.0646. The molecule has 1 amide bonds. The largest absolute Gasteiger partial charge is 0.461 e. The number of piperazine rings is 1. The molecule has 3 aromatic heterocycles. The molecule has 5 aromatic rings. The van der Waals surface area contributed by atoms with Crippen molar-refractivity contribution in [3.05, 3.63) is 70.3 Å². The monoisotopic (exact) mass is 723 g/mol. The zero-order valence-electron chi connectivity index (χ0n) is 28.1. The fourth-order valence-electron chi connectivity index (χ4n) is 7.90. The number of rotatable bonds is 8. The van der Waals surface area contributed by atoms with Gasteiger partial charge in [-0.25, -0.2) is 9.37 Å². The fourth-order valence-corrected chi connectivity index (χ4v) is 8.76. The van der Waals surface area contributed by atoms with Crippen molar-refractivity contribution >= 4 is 62.6 Å². The normalized spacial score (nSPS) is 18.9. The SMILES string of the molecule is Cc1nsc(/C=C/C(=O)N2CCN(c3nc(OCC45CCCN4CCC5)nc4c(F)c(-c5cccc6cccc(Cl)c56)ncc34)C[C@@H]2CC#N)n1. The molecule has 1 atom stereocenters. The molecule has 0 bridgehead atoms. The first-order valence-electron chi connectivity index (χ1n) is 17.2. The molecule has 0 saturated carbocycles. The van der Waals surface area contributed by atoms with Crippen LogP contribution in [0.3, 0.4) is 0 Å². The maximum atomic E-state index is 16.9. The average Bonchev–Trinajstić information content (AvgIpc) is 3.86. The van der Waals surface area contributed by atoms with E-state index in [4.69, 9.17) is 21.3 Å². The van der Waals surface area contributed by atoms with Crippen LogP contribution in [0.5, 0.6) is 6.01 Å². The number of pyridine rings is 1. The van der Waals surface area contributed by atoms with Crippen molar-refractivity contribution in [2.24, 2.45) is 0 Å². The molecule has 14 heteroatoms. The summed E-state index contributed by atoms with van der Waals surface area (Å²) in [7, 11) is 0. The van der Waals surface area contributed by atoms with Gasteiger partial charge in [-0.1, -0.05) is 41.9 Å². The number of fused-ring (bicyclic) bond motifs is 3. The van der Waals surface area contributed by atoms with Gasteiger partial charge in [0.05, 0.1) is 29.5 Å². The van der Waals surface area contributed by atoms with E-state index in [0.717, 1.165) is 44.2 Å². The number of nitrogens with zero attached hydrogens (tertiary/aromatic N) is 9. The Morgan fingerprint density at radius 1 is 1.14 bits per heavy atom. The maximum absolute atomic E-state index is 16.9. The molecule has 6 heterocycles. The van der Waals surface area contributed by atoms with Gasteiger partial charge in [0, 0.05) is 47.9 Å². The summed E-state index contributed by atoms with van der Waals surface area (Å²) < 4.78 is 27.5. The van der Waals surface area contributed by atoms with E-state index < -0.39 is 11.9 Å². The highest BCUT2D eigenvalue weighted by molar-refractivity contribution is 7.06. The van der Waals surface area contributed by atoms with Gasteiger partial charge < -0.3 is 14.5 Å². The molecule has 3 saturated heterocycles. The minimum Gasteiger partial charge on any atom is -0.461 e. The first-order chi connectivity index (χ1) is 24.8. The Balaban J connectivity index is 1.17. The van der Waals surface area contributed by atoms with E-state index in [2.05, 4.69) is 30.3 Å². The highest BCUT2D eigenvalue weighted by Crippen LogP contribution is 2.40. The number of carbonyl (C=O) groups excluding carboxylic acids is 1. The highest BCUT2D eigenvalue weighted by Gasteiger charge is 2.45. The first-order valence-corrected chi connectivity index (χ1v) is 18.3. The number of hydrogen-bond acceptors (Lipinski definition) is 11. The summed E-state index contributed by atoms with van der Waals surface area (Å²) in [5.74, 6) is 0.272. The maximum Gasteiger partial charge on any atom is 0.319 e. The lowest BCUT2D eigenvalue weighted by Crippen LogP contribution is -2.55. The number of anilines is 1. The molecule has 3 fully saturated rings. The van der Waals surface area contributed by atoms with Crippen molar-refractivity contribution in [2.45, 2.75) is 50.6 Å². The molecule has 2 aromatic carbocycles. The van der Waals surface area contributed by atoms with Crippen LogP contribution in [0.2, 0.25) is 5.02 Å². The number of hydrogen-bond donors (Lipinski definition) is 0. The smallest absolute Gasteiger partial charge is 0.319 e. The van der Waals surface area contributed by atoms with Crippen molar-refractivity contribution < 1.29 is 13.9 Å². The Bertz CT molecular complexity index is 2210. The van der Waals surface area contributed by atoms with Crippen LogP contribution < -0.4 is 9.64 Å². The van der Waals surface area contributed by atoms with E-state index in [1.165, 1.54) is 17.6 Å². The van der Waals surface area contributed by atoms with Crippen LogP contribution >= 0.6 is 23.1 Å². The van der Waals surface area contributed by atoms with Crippen LogP contribution in [0.1, 0.15) is 42.9 Å². The van der Waals surface area contributed by atoms with Crippen LogP contribution in [-0.4, -0.2) is 90.9 Å². The first kappa shape index (κ1) is 33.4. The molecule has 3 aliphatic heterocycles. The van der Waals surface area contributed by atoms with Gasteiger partial charge in [-0.05, 0) is 74.8 Å². The molecule has 11 nitrogen and oxygen atoms in total. The lowest BCUT2D eigenvalue weighted by atomic mass is 9.95. The second-order valence-electron chi connectivity index (χ2n) is 13.4. The third-order valence-corrected chi connectivity index (χ3v) is 11.4. The molecule has 3 aliphatic rings. The summed E-state index contributed by atoms with van der Waals surface area (Å²) in [6, 6.07) is 13.0. The molecule has 0 spiro atoms. The molecule has 0 aliphatic carbocycles. The molecule has 0 unspecified atom stereocenters. The number of aromatic nitrogens is 5. The molecular formula is C37H35ClFN9O2S. The van der Waals surface area contributed by atoms with Gasteiger partial charge in [0.25, 0.3) is 0 Å². The standard InChI is InChI=1S/C37H35ClFN9O2S/c1-23-42-29(51-45-23)10-11-30(49)48-19-18-46(21-25(48)12-15-40)35-27-20-41-33(26-8-2-6-24-7-3-9-28(38)31(24)26)32(39)34(27)43-36(44-35)50-22-37-13-4-16-47(37)17-5-14-37/h2-3,6-11,20,25H,4-5,12-14,16-19,21-22H2,1H3/b11-10+/t25-/m0/s1. The van der Waals surface area contributed by atoms with Gasteiger partial charge in [-0.15, -0.1) is 0 Å². The van der Waals surface area contributed by atoms with Gasteiger partial charge in [0.2, 0.25) is 5.91 Å². The number of carbonyl (C=O) groups is 1. The van der Waals surface area contributed by atoms with Crippen molar-refractivity contribution in [1.29, 1.82) is 5.26 Å². The Labute approximate surface area is 303 Å². The Morgan fingerprint density at radius 3 is 2.71 bits per heavy atom. The van der Waals surface area contributed by atoms with Crippen LogP contribution in [0, 0.1) is 24.1 Å². The number of benzene rings is 2. The average molecular weight is 724 g/mol. The predicted octanol–water partition coefficient (Wildman–Crippen LogP) is 6.45. The van der Waals surface area contributed by atoms with E-state index >= 15 is 4.39 Å². The summed E-state index contributed by atoms with van der Waals surface area (Å²) in [6.45, 7) is 5.32. The van der Waals surface area contributed by atoms with E-state index in [-0.39, 0.29) is 35.1 Å². The second kappa shape index (κ2) is 13.7. The Kier molecular flexibility index (Phi) is 9.00. The topological polar surface area (TPSA) is 124 Å². The lowest BCUT2D eigenvalue weighted by Gasteiger charge is -2.41. The number of ether oxygens (including phenoxy) is 1. The van der Waals surface area contributed by atoms with E-state index in [9.17, 15) is 10.1 Å². The molecule has 260 valence electrons. The Hall–Kier alpha value is -4.77. The van der Waals surface area contributed by atoms with E-state index in [0.29, 0.717) is 64.2 Å². The summed E-state index contributed by atoms with van der Waals surface area (Å²) in [5.41, 5.74) is 0.708. The summed E-state index contributed by atoms with van der Waals surface area (Å²) >= 11 is 7.86. The van der Waals surface area contributed by atoms with E-state index in [1.54, 1.807) is 30.2 Å². The Morgan fingerprint density at radius 2 is 1.94 bits per heavy atom. The van der Waals surface area contributed by atoms with Crippen molar-refractivity contribution in [3.8, 4) is 23.3 Å². The van der Waals surface area contributed by atoms with Crippen LogP contribution in [-0.2, 0) is 4.79 Å². The molecule has 51 heavy (non-hydrogen) atoms. The summed E-state index contributed by atoms with van der Waals surface area (Å²) in [6.07, 6.45) is 9.13. The highest BCUT2D eigenvalue weighted by atomic mass is 35.5. The minimum atomic E-state index is -0.602. The van der Waals surface area contributed by atoms with Crippen molar-refractivity contribution in [1.82, 2.24) is 34.1 Å². The van der Waals surface area contributed by atoms with Crippen LogP contribution in [0.15, 0.2) is 48.7 Å². The summed E-state index contributed by atoms with van der Waals surface area (Å²) in [5, 5.41) is 12.9. The van der Waals surface area contributed by atoms with Crippen molar-refractivity contribution in [3.63, 3.8) is 0 Å². The zero-order chi connectivity index (χ0) is 35.1. The molecule has 0 N–H and O–H groups in total. The quantitative estimate of drug-likeness (QED) is 0.165. The molecular weight excluding hydrogens is 689 g/mol. The number of amides is 1. The fraction of sp³-hybridized carbons (Fsp3) is 0.378. The van der Waals surface area contributed by atoms with Gasteiger partial charge in [0.15, 0.2) is 5.82 Å². The van der Waals surface area contributed by atoms with Gasteiger partial charge in [-0.3, -0.25) is 14.7 Å². The van der Waals surface area contributed by atoms with E-state index in [1.807, 2.05) is 35.2 Å².